The molecule has 1 aromatic carbocycles. The largest absolute Gasteiger partial charge is 0.310 e. The summed E-state index contributed by atoms with van der Waals surface area (Å²) in [5, 5.41) is 7.18. The van der Waals surface area contributed by atoms with Crippen LogP contribution in [-0.4, -0.2) is 6.04 Å². The van der Waals surface area contributed by atoms with Crippen LogP contribution in [0, 0.1) is 5.92 Å². The van der Waals surface area contributed by atoms with Crippen molar-refractivity contribution in [1.82, 2.24) is 10.6 Å². The number of hydrogen-bond acceptors (Lipinski definition) is 2. The topological polar surface area (TPSA) is 24.1 Å². The number of rotatable bonds is 3. The molecule has 0 saturated heterocycles. The van der Waals surface area contributed by atoms with Gasteiger partial charge in [-0.25, -0.2) is 0 Å². The Labute approximate surface area is 117 Å². The molecule has 0 radical (unpaired) electrons. The van der Waals surface area contributed by atoms with Crippen molar-refractivity contribution < 1.29 is 0 Å². The van der Waals surface area contributed by atoms with Gasteiger partial charge in [-0.15, -0.1) is 0 Å². The molecule has 0 bridgehead atoms. The fourth-order valence-electron chi connectivity index (χ4n) is 3.41. The summed E-state index contributed by atoms with van der Waals surface area (Å²) < 4.78 is 0. The van der Waals surface area contributed by atoms with Crippen LogP contribution in [0.3, 0.4) is 0 Å². The van der Waals surface area contributed by atoms with Gasteiger partial charge in [0.15, 0.2) is 0 Å². The van der Waals surface area contributed by atoms with Gasteiger partial charge in [-0.2, -0.15) is 0 Å². The van der Waals surface area contributed by atoms with Crippen LogP contribution in [0.15, 0.2) is 18.2 Å². The number of hydrogen-bond donors (Lipinski definition) is 2. The molecule has 3 rings (SSSR count). The van der Waals surface area contributed by atoms with Gasteiger partial charge < -0.3 is 10.6 Å². The van der Waals surface area contributed by atoms with Crippen molar-refractivity contribution in [2.24, 2.45) is 5.92 Å². The second kappa shape index (κ2) is 6.06. The zero-order valence-electron chi connectivity index (χ0n) is 12.0. The van der Waals surface area contributed by atoms with E-state index in [9.17, 15) is 0 Å². The Morgan fingerprint density at radius 2 is 2.00 bits per heavy atom. The lowest BCUT2D eigenvalue weighted by molar-refractivity contribution is 0.447. The predicted octanol–water partition coefficient (Wildman–Crippen LogP) is 3.35. The van der Waals surface area contributed by atoms with Crippen LogP contribution in [0.1, 0.15) is 55.7 Å². The molecule has 0 spiro atoms. The normalized spacial score (nSPS) is 27.0. The van der Waals surface area contributed by atoms with Crippen molar-refractivity contribution in [3.8, 4) is 0 Å². The standard InChI is InChI=1S/C17H26N2/c1-13-3-2-4-17(8-5-13)19-10-14-6-7-15-11-18-12-16(15)9-14/h6-7,9,13,17-19H,2-5,8,10-12H2,1H3. The molecule has 0 aromatic heterocycles. The molecule has 2 aliphatic rings. The highest BCUT2D eigenvalue weighted by Crippen LogP contribution is 2.23. The van der Waals surface area contributed by atoms with Crippen LogP contribution in [0.2, 0.25) is 0 Å². The van der Waals surface area contributed by atoms with Crippen LogP contribution in [0.25, 0.3) is 0 Å². The highest BCUT2D eigenvalue weighted by molar-refractivity contribution is 5.34. The average Bonchev–Trinajstić information content (AvgIpc) is 2.79. The molecule has 2 nitrogen and oxygen atoms in total. The van der Waals surface area contributed by atoms with E-state index in [4.69, 9.17) is 0 Å². The van der Waals surface area contributed by atoms with E-state index >= 15 is 0 Å². The van der Waals surface area contributed by atoms with Crippen molar-refractivity contribution in [3.63, 3.8) is 0 Å². The molecule has 2 heteroatoms. The molecule has 1 saturated carbocycles. The van der Waals surface area contributed by atoms with Gasteiger partial charge in [-0.1, -0.05) is 38.0 Å². The molecule has 1 heterocycles. The third-order valence-electron chi connectivity index (χ3n) is 4.75. The van der Waals surface area contributed by atoms with E-state index in [1.807, 2.05) is 0 Å². The van der Waals surface area contributed by atoms with E-state index in [1.165, 1.54) is 48.8 Å². The van der Waals surface area contributed by atoms with Crippen LogP contribution in [0.4, 0.5) is 0 Å². The zero-order chi connectivity index (χ0) is 13.1. The molecule has 2 N–H and O–H groups in total. The van der Waals surface area contributed by atoms with Crippen LogP contribution in [-0.2, 0) is 19.6 Å². The van der Waals surface area contributed by atoms with Crippen LogP contribution < -0.4 is 10.6 Å². The maximum atomic E-state index is 3.77. The van der Waals surface area contributed by atoms with Gasteiger partial charge in [0.1, 0.15) is 0 Å². The Bertz CT molecular complexity index is 427. The van der Waals surface area contributed by atoms with Gasteiger partial charge in [-0.05, 0) is 41.9 Å². The summed E-state index contributed by atoms with van der Waals surface area (Å²) in [5.74, 6) is 0.929. The fourth-order valence-corrected chi connectivity index (χ4v) is 3.41. The summed E-state index contributed by atoms with van der Waals surface area (Å²) in [6.45, 7) is 5.52. The van der Waals surface area contributed by atoms with Crippen LogP contribution >= 0.6 is 0 Å². The van der Waals surface area contributed by atoms with Gasteiger partial charge in [-0.3, -0.25) is 0 Å². The van der Waals surface area contributed by atoms with Gasteiger partial charge in [0, 0.05) is 25.7 Å². The highest BCUT2D eigenvalue weighted by atomic mass is 14.9. The number of fused-ring (bicyclic) bond motifs is 1. The molecule has 1 aliphatic carbocycles. The monoisotopic (exact) mass is 258 g/mol. The molecule has 2 atom stereocenters. The van der Waals surface area contributed by atoms with Crippen molar-refractivity contribution >= 4 is 0 Å². The average molecular weight is 258 g/mol. The second-order valence-electron chi connectivity index (χ2n) is 6.40. The third kappa shape index (κ3) is 3.37. The first kappa shape index (κ1) is 13.1. The first-order valence-corrected chi connectivity index (χ1v) is 7.86. The lowest BCUT2D eigenvalue weighted by Crippen LogP contribution is -2.28. The van der Waals surface area contributed by atoms with E-state index in [-0.39, 0.29) is 0 Å². The molecule has 104 valence electrons. The molecule has 0 amide bonds. The smallest absolute Gasteiger partial charge is 0.0212 e. The molecule has 1 aromatic rings. The highest BCUT2D eigenvalue weighted by Gasteiger charge is 2.16. The molecule has 1 fully saturated rings. The summed E-state index contributed by atoms with van der Waals surface area (Å²) in [4.78, 5) is 0. The Balaban J connectivity index is 1.54. The first-order chi connectivity index (χ1) is 9.31. The van der Waals surface area contributed by atoms with Gasteiger partial charge in [0.2, 0.25) is 0 Å². The zero-order valence-corrected chi connectivity index (χ0v) is 12.0. The van der Waals surface area contributed by atoms with E-state index in [2.05, 4.69) is 35.8 Å². The lowest BCUT2D eigenvalue weighted by Gasteiger charge is -2.16. The maximum absolute atomic E-state index is 3.77. The quantitative estimate of drug-likeness (QED) is 0.813. The molecule has 19 heavy (non-hydrogen) atoms. The summed E-state index contributed by atoms with van der Waals surface area (Å²) in [6.07, 6.45) is 6.92. The molecule has 1 aliphatic heterocycles. The molecule has 2 unspecified atom stereocenters. The Hall–Kier alpha value is -0.860. The van der Waals surface area contributed by atoms with Gasteiger partial charge >= 0.3 is 0 Å². The van der Waals surface area contributed by atoms with Crippen molar-refractivity contribution in [1.29, 1.82) is 0 Å². The minimum absolute atomic E-state index is 0.733. The van der Waals surface area contributed by atoms with E-state index in [0.717, 1.165) is 31.6 Å². The summed E-state index contributed by atoms with van der Waals surface area (Å²) in [7, 11) is 0. The maximum Gasteiger partial charge on any atom is 0.0212 e. The van der Waals surface area contributed by atoms with Crippen molar-refractivity contribution in [2.45, 2.75) is 64.7 Å². The van der Waals surface area contributed by atoms with E-state index < -0.39 is 0 Å². The summed E-state index contributed by atoms with van der Waals surface area (Å²) in [6, 6.07) is 7.69. The van der Waals surface area contributed by atoms with Gasteiger partial charge in [0.05, 0.1) is 0 Å². The predicted molar refractivity (Wildman–Crippen MR) is 79.9 cm³/mol. The Morgan fingerprint density at radius 3 is 2.95 bits per heavy atom. The van der Waals surface area contributed by atoms with E-state index in [0.29, 0.717) is 0 Å². The number of benzene rings is 1. The lowest BCUT2D eigenvalue weighted by atomic mass is 10.0. The third-order valence-corrected chi connectivity index (χ3v) is 4.75. The summed E-state index contributed by atoms with van der Waals surface area (Å²) in [5.41, 5.74) is 4.42. The minimum atomic E-state index is 0.733. The van der Waals surface area contributed by atoms with Gasteiger partial charge in [0.25, 0.3) is 0 Å². The van der Waals surface area contributed by atoms with Crippen molar-refractivity contribution in [2.75, 3.05) is 0 Å². The first-order valence-electron chi connectivity index (χ1n) is 7.86. The number of nitrogens with one attached hydrogen (secondary N) is 2. The minimum Gasteiger partial charge on any atom is -0.310 e. The second-order valence-corrected chi connectivity index (χ2v) is 6.40. The summed E-state index contributed by atoms with van der Waals surface area (Å²) >= 11 is 0. The molecular weight excluding hydrogens is 232 g/mol. The van der Waals surface area contributed by atoms with Crippen molar-refractivity contribution in [3.05, 3.63) is 34.9 Å². The SMILES string of the molecule is CC1CCCC(NCc2ccc3c(c2)CNC3)CC1. The Kier molecular flexibility index (Phi) is 4.19. The van der Waals surface area contributed by atoms with Crippen LogP contribution in [0.5, 0.6) is 0 Å². The fraction of sp³-hybridized carbons (Fsp3) is 0.647. The Morgan fingerprint density at radius 1 is 1.11 bits per heavy atom. The molecular formula is C17H26N2. The van der Waals surface area contributed by atoms with E-state index in [1.54, 1.807) is 0 Å².